The van der Waals surface area contributed by atoms with Crippen LogP contribution in [0.25, 0.3) is 10.9 Å². The minimum atomic E-state index is -0.107. The van der Waals surface area contributed by atoms with Gasteiger partial charge in [0.25, 0.3) is 0 Å². The van der Waals surface area contributed by atoms with E-state index in [2.05, 4.69) is 23.3 Å². The predicted octanol–water partition coefficient (Wildman–Crippen LogP) is 5.91. The summed E-state index contributed by atoms with van der Waals surface area (Å²) in [6, 6.07) is 13.8. The van der Waals surface area contributed by atoms with Crippen LogP contribution in [0, 0.1) is 0 Å². The molecule has 0 saturated heterocycles. The highest BCUT2D eigenvalue weighted by atomic mass is 35.5. The smallest absolute Gasteiger partial charge is 0.221 e. The van der Waals surface area contributed by atoms with E-state index in [9.17, 15) is 4.79 Å². The maximum Gasteiger partial charge on any atom is 0.221 e. The first-order valence-corrected chi connectivity index (χ1v) is 9.55. The number of carbonyl (C=O) groups excluding carboxylic acids is 1. The van der Waals surface area contributed by atoms with E-state index in [-0.39, 0.29) is 17.9 Å². The Labute approximate surface area is 163 Å². The zero-order valence-corrected chi connectivity index (χ0v) is 16.4. The molecule has 1 heterocycles. The lowest BCUT2D eigenvalue weighted by atomic mass is 9.88. The number of amides is 1. The van der Waals surface area contributed by atoms with Gasteiger partial charge in [0, 0.05) is 35.5 Å². The van der Waals surface area contributed by atoms with Crippen LogP contribution in [-0.2, 0) is 4.79 Å². The molecule has 2 N–H and O–H groups in total. The van der Waals surface area contributed by atoms with Gasteiger partial charge < -0.3 is 10.3 Å². The minimum Gasteiger partial charge on any atom is -0.361 e. The molecule has 0 saturated carbocycles. The maximum atomic E-state index is 12.6. The summed E-state index contributed by atoms with van der Waals surface area (Å²) in [7, 11) is 0. The fourth-order valence-electron chi connectivity index (χ4n) is 3.14. The van der Waals surface area contributed by atoms with E-state index < -0.39 is 0 Å². The van der Waals surface area contributed by atoms with Gasteiger partial charge in [-0.3, -0.25) is 4.79 Å². The van der Waals surface area contributed by atoms with Crippen molar-refractivity contribution < 1.29 is 4.79 Å². The van der Waals surface area contributed by atoms with Crippen LogP contribution in [0.2, 0.25) is 10.0 Å². The van der Waals surface area contributed by atoms with Crippen molar-refractivity contribution in [3.63, 3.8) is 0 Å². The van der Waals surface area contributed by atoms with Crippen molar-refractivity contribution in [2.24, 2.45) is 0 Å². The Morgan fingerprint density at radius 3 is 2.65 bits per heavy atom. The first-order valence-electron chi connectivity index (χ1n) is 8.80. The summed E-state index contributed by atoms with van der Waals surface area (Å²) in [6.07, 6.45) is 3.23. The number of rotatable bonds is 6. The largest absolute Gasteiger partial charge is 0.361 e. The van der Waals surface area contributed by atoms with Gasteiger partial charge in [-0.1, -0.05) is 54.4 Å². The number of carbonyl (C=O) groups is 1. The molecule has 3 aromatic rings. The first-order chi connectivity index (χ1) is 12.5. The highest BCUT2D eigenvalue weighted by Crippen LogP contribution is 2.36. The Balaban J connectivity index is 2.01. The van der Waals surface area contributed by atoms with Crippen LogP contribution in [-0.4, -0.2) is 16.9 Å². The predicted molar refractivity (Wildman–Crippen MR) is 109 cm³/mol. The number of H-pyrrole nitrogens is 1. The fraction of sp³-hybridized carbons (Fsp3) is 0.286. The van der Waals surface area contributed by atoms with Gasteiger partial charge >= 0.3 is 0 Å². The highest BCUT2D eigenvalue weighted by molar-refractivity contribution is 6.42. The maximum absolute atomic E-state index is 12.6. The summed E-state index contributed by atoms with van der Waals surface area (Å²) < 4.78 is 0. The molecule has 1 amide bonds. The summed E-state index contributed by atoms with van der Waals surface area (Å²) in [5.74, 6) is -0.0781. The number of nitrogens with one attached hydrogen (secondary N) is 2. The van der Waals surface area contributed by atoms with Crippen molar-refractivity contribution >= 4 is 40.0 Å². The number of para-hydroxylation sites is 1. The summed E-state index contributed by atoms with van der Waals surface area (Å²) >= 11 is 12.3. The van der Waals surface area contributed by atoms with Gasteiger partial charge in [0.15, 0.2) is 0 Å². The lowest BCUT2D eigenvalue weighted by Crippen LogP contribution is -2.33. The van der Waals surface area contributed by atoms with Gasteiger partial charge in [0.1, 0.15) is 0 Å². The number of aromatic nitrogens is 1. The van der Waals surface area contributed by atoms with E-state index >= 15 is 0 Å². The molecule has 0 aliphatic carbocycles. The number of fused-ring (bicyclic) bond motifs is 1. The number of halogens is 2. The molecular formula is C21H22Cl2N2O. The number of hydrogen-bond donors (Lipinski definition) is 2. The highest BCUT2D eigenvalue weighted by Gasteiger charge is 2.22. The Bertz CT molecular complexity index is 919. The molecule has 3 rings (SSSR count). The van der Waals surface area contributed by atoms with Gasteiger partial charge in [0.2, 0.25) is 5.91 Å². The summed E-state index contributed by atoms with van der Waals surface area (Å²) in [4.78, 5) is 15.9. The third-order valence-electron chi connectivity index (χ3n) is 4.75. The second-order valence-corrected chi connectivity index (χ2v) is 7.41. The van der Waals surface area contributed by atoms with E-state index in [1.165, 1.54) is 0 Å². The number of hydrogen-bond acceptors (Lipinski definition) is 1. The van der Waals surface area contributed by atoms with Crippen LogP contribution in [0.4, 0.5) is 0 Å². The Morgan fingerprint density at radius 1 is 1.15 bits per heavy atom. The second kappa shape index (κ2) is 8.15. The topological polar surface area (TPSA) is 44.9 Å². The minimum absolute atomic E-state index is 0.0284. The van der Waals surface area contributed by atoms with Gasteiger partial charge in [-0.15, -0.1) is 0 Å². The van der Waals surface area contributed by atoms with E-state index in [1.807, 2.05) is 43.5 Å². The molecule has 0 aliphatic rings. The molecule has 0 aliphatic heterocycles. The molecule has 26 heavy (non-hydrogen) atoms. The average Bonchev–Trinajstić information content (AvgIpc) is 3.06. The van der Waals surface area contributed by atoms with Crippen LogP contribution in [0.1, 0.15) is 43.7 Å². The zero-order valence-electron chi connectivity index (χ0n) is 14.9. The van der Waals surface area contributed by atoms with Crippen molar-refractivity contribution in [3.8, 4) is 0 Å². The number of benzene rings is 2. The van der Waals surface area contributed by atoms with Crippen molar-refractivity contribution in [1.82, 2.24) is 10.3 Å². The van der Waals surface area contributed by atoms with Gasteiger partial charge in [-0.2, -0.15) is 0 Å². The third-order valence-corrected chi connectivity index (χ3v) is 5.49. The summed E-state index contributed by atoms with van der Waals surface area (Å²) in [5, 5.41) is 5.18. The van der Waals surface area contributed by atoms with Crippen LogP contribution in [0.3, 0.4) is 0 Å². The monoisotopic (exact) mass is 388 g/mol. The van der Waals surface area contributed by atoms with Crippen molar-refractivity contribution in [1.29, 1.82) is 0 Å². The van der Waals surface area contributed by atoms with Crippen LogP contribution in [0.5, 0.6) is 0 Å². The molecule has 1 aromatic heterocycles. The zero-order chi connectivity index (χ0) is 18.7. The summed E-state index contributed by atoms with van der Waals surface area (Å²) in [6.45, 7) is 4.07. The number of aromatic amines is 1. The molecule has 136 valence electrons. The molecule has 0 radical (unpaired) electrons. The molecule has 0 bridgehead atoms. The molecular weight excluding hydrogens is 367 g/mol. The van der Waals surface area contributed by atoms with E-state index in [0.29, 0.717) is 16.5 Å². The summed E-state index contributed by atoms with van der Waals surface area (Å²) in [5.41, 5.74) is 3.11. The lowest BCUT2D eigenvalue weighted by Gasteiger charge is -2.19. The van der Waals surface area contributed by atoms with Crippen molar-refractivity contribution in [3.05, 3.63) is 69.8 Å². The molecule has 3 nitrogen and oxygen atoms in total. The lowest BCUT2D eigenvalue weighted by molar-refractivity contribution is -0.121. The Kier molecular flexibility index (Phi) is 5.90. The van der Waals surface area contributed by atoms with Crippen LogP contribution in [0.15, 0.2) is 48.7 Å². The second-order valence-electron chi connectivity index (χ2n) is 6.60. The van der Waals surface area contributed by atoms with Crippen LogP contribution < -0.4 is 5.32 Å². The van der Waals surface area contributed by atoms with Crippen LogP contribution >= 0.6 is 23.2 Å². The Hall–Kier alpha value is -1.97. The molecule has 0 unspecified atom stereocenters. The third kappa shape index (κ3) is 4.05. The standard InChI is InChI=1S/C21H22Cl2N2O/c1-3-13(2)25-21(26)11-16(14-8-9-18(22)19(23)10-14)17-12-24-20-7-5-4-6-15(17)20/h4-10,12-13,16,24H,3,11H2,1-2H3,(H,25,26)/t13-,16+/m1/s1. The van der Waals surface area contributed by atoms with Crippen molar-refractivity contribution in [2.45, 2.75) is 38.6 Å². The van der Waals surface area contributed by atoms with Gasteiger partial charge in [-0.25, -0.2) is 0 Å². The quantitative estimate of drug-likeness (QED) is 0.541. The molecule has 0 fully saturated rings. The molecule has 0 spiro atoms. The van der Waals surface area contributed by atoms with E-state index in [1.54, 1.807) is 6.07 Å². The molecule has 2 aromatic carbocycles. The van der Waals surface area contributed by atoms with Crippen molar-refractivity contribution in [2.75, 3.05) is 0 Å². The average molecular weight is 389 g/mol. The first kappa shape index (κ1) is 18.8. The normalized spacial score (nSPS) is 13.5. The fourth-order valence-corrected chi connectivity index (χ4v) is 3.45. The van der Waals surface area contributed by atoms with E-state index in [4.69, 9.17) is 23.2 Å². The molecule has 5 heteroatoms. The van der Waals surface area contributed by atoms with E-state index in [0.717, 1.165) is 28.5 Å². The SMILES string of the molecule is CC[C@@H](C)NC(=O)C[C@@H](c1ccc(Cl)c(Cl)c1)c1c[nH]c2ccccc12. The molecule has 2 atom stereocenters. The van der Waals surface area contributed by atoms with Gasteiger partial charge in [-0.05, 0) is 42.7 Å². The van der Waals surface area contributed by atoms with Gasteiger partial charge in [0.05, 0.1) is 10.0 Å². The Morgan fingerprint density at radius 2 is 1.92 bits per heavy atom.